The summed E-state index contributed by atoms with van der Waals surface area (Å²) >= 11 is 0. The van der Waals surface area contributed by atoms with Gasteiger partial charge in [-0.3, -0.25) is 14.6 Å². The first kappa shape index (κ1) is 36.4. The number of fused-ring (bicyclic) bond motifs is 1. The van der Waals surface area contributed by atoms with Gasteiger partial charge in [-0.05, 0) is 66.4 Å². The number of nitrogens with one attached hydrogen (secondary N) is 1. The molecular weight excluding hydrogens is 622 g/mol. The molecule has 2 fully saturated rings. The largest absolute Gasteiger partial charge is 0.492 e. The minimum absolute atomic E-state index is 0.0800. The van der Waals surface area contributed by atoms with Gasteiger partial charge in [-0.25, -0.2) is 0 Å². The average molecular weight is 682 g/mol. The summed E-state index contributed by atoms with van der Waals surface area (Å²) in [4.78, 5) is 24.7. The van der Waals surface area contributed by atoms with Crippen LogP contribution in [0.2, 0.25) is 0 Å². The molecule has 3 aliphatic heterocycles. The van der Waals surface area contributed by atoms with E-state index < -0.39 is 5.41 Å². The third kappa shape index (κ3) is 7.59. The molecule has 0 atom stereocenters. The highest BCUT2D eigenvalue weighted by Gasteiger charge is 2.53. The number of ether oxygens (including phenoxy) is 2. The summed E-state index contributed by atoms with van der Waals surface area (Å²) in [6, 6.07) is 21.1. The second-order valence-electron chi connectivity index (χ2n) is 16.7. The fraction of sp³-hybridized carbons (Fsp3) is 0.548. The van der Waals surface area contributed by atoms with Crippen LogP contribution < -0.4 is 14.8 Å². The standard InChI is InChI=1S/C42H59N5O3/c1-40(2,3)31-13-15-37(49-27-25-46-21-17-44(7)18-22-46)34(29-31)42(33-11-9-10-12-36(33)43-39(42)48)35-30-32(41(4,5)6)14-16-38(35)50-28-26-47-23-19-45(8)20-24-47/h9-16,29-30H,17-28H2,1-8H3,(H,43,48). The van der Waals surface area contributed by atoms with E-state index in [2.05, 4.69) is 123 Å². The molecule has 270 valence electrons. The van der Waals surface area contributed by atoms with Crippen molar-refractivity contribution < 1.29 is 14.3 Å². The highest BCUT2D eigenvalue weighted by atomic mass is 16.5. The Bertz CT molecular complexity index is 1550. The van der Waals surface area contributed by atoms with Crippen LogP contribution in [0.1, 0.15) is 69.4 Å². The van der Waals surface area contributed by atoms with Crippen molar-refractivity contribution in [2.24, 2.45) is 0 Å². The predicted octanol–water partition coefficient (Wildman–Crippen LogP) is 5.82. The van der Waals surface area contributed by atoms with E-state index in [0.29, 0.717) is 13.2 Å². The Morgan fingerprint density at radius 2 is 1.06 bits per heavy atom. The number of amides is 1. The lowest BCUT2D eigenvalue weighted by atomic mass is 9.67. The fourth-order valence-electron chi connectivity index (χ4n) is 7.48. The van der Waals surface area contributed by atoms with Crippen molar-refractivity contribution in [3.8, 4) is 11.5 Å². The Hall–Kier alpha value is -3.43. The monoisotopic (exact) mass is 681 g/mol. The topological polar surface area (TPSA) is 60.5 Å². The van der Waals surface area contributed by atoms with E-state index in [9.17, 15) is 0 Å². The third-order valence-corrected chi connectivity index (χ3v) is 10.9. The molecule has 0 aromatic heterocycles. The van der Waals surface area contributed by atoms with Crippen molar-refractivity contribution in [2.45, 2.75) is 57.8 Å². The van der Waals surface area contributed by atoms with Gasteiger partial charge in [0.25, 0.3) is 0 Å². The number of nitrogens with zero attached hydrogens (tertiary/aromatic N) is 4. The first-order valence-corrected chi connectivity index (χ1v) is 18.5. The maximum absolute atomic E-state index is 15.0. The predicted molar refractivity (Wildman–Crippen MR) is 204 cm³/mol. The van der Waals surface area contributed by atoms with Crippen LogP contribution in [-0.2, 0) is 21.0 Å². The van der Waals surface area contributed by atoms with Crippen molar-refractivity contribution in [1.29, 1.82) is 0 Å². The molecule has 3 aromatic rings. The highest BCUT2D eigenvalue weighted by Crippen LogP contribution is 2.54. The summed E-state index contributed by atoms with van der Waals surface area (Å²) < 4.78 is 13.6. The molecule has 3 heterocycles. The summed E-state index contributed by atoms with van der Waals surface area (Å²) in [7, 11) is 4.36. The molecule has 1 amide bonds. The zero-order chi connectivity index (χ0) is 35.7. The van der Waals surface area contributed by atoms with Crippen LogP contribution in [0.4, 0.5) is 5.69 Å². The van der Waals surface area contributed by atoms with E-state index in [1.807, 2.05) is 18.2 Å². The SMILES string of the molecule is CN1CCN(CCOc2ccc(C(C)(C)C)cc2C2(c3cc(C(C)(C)C)ccc3OCCN3CCN(C)CC3)C(=O)Nc3ccccc32)CC1. The zero-order valence-corrected chi connectivity index (χ0v) is 31.8. The van der Waals surface area contributed by atoms with Crippen LogP contribution in [0.25, 0.3) is 0 Å². The molecule has 3 aliphatic rings. The minimum atomic E-state index is -1.19. The second-order valence-corrected chi connectivity index (χ2v) is 16.7. The van der Waals surface area contributed by atoms with Gasteiger partial charge in [0.05, 0.1) is 0 Å². The van der Waals surface area contributed by atoms with E-state index in [1.165, 1.54) is 0 Å². The van der Waals surface area contributed by atoms with Crippen molar-refractivity contribution in [3.05, 3.63) is 88.5 Å². The Morgan fingerprint density at radius 3 is 1.50 bits per heavy atom. The van der Waals surface area contributed by atoms with Crippen LogP contribution >= 0.6 is 0 Å². The normalized spacial score (nSPS) is 19.3. The maximum Gasteiger partial charge on any atom is 0.244 e. The Labute approximate surface area is 300 Å². The third-order valence-electron chi connectivity index (χ3n) is 10.9. The van der Waals surface area contributed by atoms with Gasteiger partial charge >= 0.3 is 0 Å². The lowest BCUT2D eigenvalue weighted by Crippen LogP contribution is -2.45. The fourth-order valence-corrected chi connectivity index (χ4v) is 7.48. The van der Waals surface area contributed by atoms with Gasteiger partial charge in [0.1, 0.15) is 30.1 Å². The number of para-hydroxylation sites is 1. The molecule has 1 N–H and O–H groups in total. The van der Waals surface area contributed by atoms with Gasteiger partial charge in [0.15, 0.2) is 0 Å². The van der Waals surface area contributed by atoms with E-state index in [1.54, 1.807) is 0 Å². The number of carbonyl (C=O) groups is 1. The smallest absolute Gasteiger partial charge is 0.244 e. The van der Waals surface area contributed by atoms with E-state index in [-0.39, 0.29) is 16.7 Å². The first-order valence-electron chi connectivity index (χ1n) is 18.5. The molecule has 50 heavy (non-hydrogen) atoms. The molecule has 8 nitrogen and oxygen atoms in total. The van der Waals surface area contributed by atoms with Crippen LogP contribution in [0, 0.1) is 0 Å². The van der Waals surface area contributed by atoms with Gasteiger partial charge < -0.3 is 24.6 Å². The molecule has 0 spiro atoms. The molecule has 0 aliphatic carbocycles. The number of carbonyl (C=O) groups excluding carboxylic acids is 1. The number of anilines is 1. The van der Waals surface area contributed by atoms with Crippen LogP contribution in [0.5, 0.6) is 11.5 Å². The van der Waals surface area contributed by atoms with E-state index >= 15 is 4.79 Å². The summed E-state index contributed by atoms with van der Waals surface area (Å²) in [6.45, 7) is 24.5. The molecule has 6 rings (SSSR count). The lowest BCUT2D eigenvalue weighted by Gasteiger charge is -2.35. The summed E-state index contributed by atoms with van der Waals surface area (Å²) in [5.74, 6) is 1.40. The summed E-state index contributed by atoms with van der Waals surface area (Å²) in [5, 5.41) is 3.30. The van der Waals surface area contributed by atoms with Gasteiger partial charge in [0, 0.05) is 87.8 Å². The van der Waals surface area contributed by atoms with Gasteiger partial charge in [0.2, 0.25) is 5.91 Å². The zero-order valence-electron chi connectivity index (χ0n) is 31.8. The van der Waals surface area contributed by atoms with Crippen molar-refractivity contribution in [1.82, 2.24) is 19.6 Å². The Kier molecular flexibility index (Phi) is 10.7. The van der Waals surface area contributed by atoms with Gasteiger partial charge in [-0.1, -0.05) is 71.9 Å². The van der Waals surface area contributed by atoms with E-state index in [0.717, 1.165) is 110 Å². The molecule has 0 radical (unpaired) electrons. The summed E-state index contributed by atoms with van der Waals surface area (Å²) in [6.07, 6.45) is 0. The van der Waals surface area contributed by atoms with Crippen LogP contribution in [0.3, 0.4) is 0 Å². The molecule has 0 bridgehead atoms. The van der Waals surface area contributed by atoms with Crippen molar-refractivity contribution >= 4 is 11.6 Å². The molecule has 2 saturated heterocycles. The van der Waals surface area contributed by atoms with Crippen LogP contribution in [-0.4, -0.2) is 118 Å². The molecular formula is C42H59N5O3. The number of hydrogen-bond donors (Lipinski definition) is 1. The average Bonchev–Trinajstić information content (AvgIpc) is 3.37. The van der Waals surface area contributed by atoms with Gasteiger partial charge in [-0.2, -0.15) is 0 Å². The number of piperazine rings is 2. The lowest BCUT2D eigenvalue weighted by molar-refractivity contribution is -0.118. The molecule has 0 unspecified atom stereocenters. The van der Waals surface area contributed by atoms with E-state index in [4.69, 9.17) is 9.47 Å². The van der Waals surface area contributed by atoms with Crippen molar-refractivity contribution in [2.75, 3.05) is 98.1 Å². The molecule has 0 saturated carbocycles. The number of benzene rings is 3. The van der Waals surface area contributed by atoms with Gasteiger partial charge in [-0.15, -0.1) is 0 Å². The Balaban J connectivity index is 1.48. The Morgan fingerprint density at radius 1 is 0.620 bits per heavy atom. The molecule has 8 heteroatoms. The maximum atomic E-state index is 15.0. The number of likely N-dealkylation sites (N-methyl/N-ethyl adjacent to an activating group) is 2. The molecule has 3 aromatic carbocycles. The van der Waals surface area contributed by atoms with Crippen molar-refractivity contribution in [3.63, 3.8) is 0 Å². The number of hydrogen-bond acceptors (Lipinski definition) is 7. The summed E-state index contributed by atoms with van der Waals surface area (Å²) in [5.41, 5.74) is 4.31. The quantitative estimate of drug-likeness (QED) is 0.290. The second kappa shape index (κ2) is 14.7. The first-order chi connectivity index (χ1) is 23.8. The number of rotatable bonds is 10. The minimum Gasteiger partial charge on any atom is -0.492 e. The van der Waals surface area contributed by atoms with Crippen LogP contribution in [0.15, 0.2) is 60.7 Å². The highest BCUT2D eigenvalue weighted by molar-refractivity contribution is 6.12.